The minimum Gasteiger partial charge on any atom is -0.374 e. The molecule has 0 radical (unpaired) electrons. The van der Waals surface area contributed by atoms with Crippen LogP contribution in [0.3, 0.4) is 0 Å². The van der Waals surface area contributed by atoms with Crippen molar-refractivity contribution < 1.29 is 22.0 Å². The van der Waals surface area contributed by atoms with Crippen LogP contribution in [0.25, 0.3) is 0 Å². The van der Waals surface area contributed by atoms with E-state index in [0.717, 1.165) is 10.8 Å². The molecule has 8 heteroatoms. The summed E-state index contributed by atoms with van der Waals surface area (Å²) in [7, 11) is 2.83. The molecule has 116 valence electrons. The fourth-order valence-electron chi connectivity index (χ4n) is 1.67. The van der Waals surface area contributed by atoms with Gasteiger partial charge in [0.05, 0.1) is 15.5 Å². The zero-order chi connectivity index (χ0) is 16.4. The van der Waals surface area contributed by atoms with Gasteiger partial charge in [-0.1, -0.05) is 36.7 Å². The molecule has 0 spiro atoms. The fourth-order valence-corrected chi connectivity index (χ4v) is 3.12. The summed E-state index contributed by atoms with van der Waals surface area (Å²) >= 11 is 0.995. The summed E-state index contributed by atoms with van der Waals surface area (Å²) < 4.78 is 67.9. The lowest BCUT2D eigenvalue weighted by molar-refractivity contribution is -0.142. The summed E-state index contributed by atoms with van der Waals surface area (Å²) in [6, 6.07) is 0. The SMILES string of the molecule is C=CSc1c(F)c(C(F)(F)F)c(SC=C)c(F)c1N(C)C. The zero-order valence-electron chi connectivity index (χ0n) is 11.2. The second-order valence-electron chi connectivity index (χ2n) is 3.97. The molecule has 1 rings (SSSR count). The van der Waals surface area contributed by atoms with E-state index in [-0.39, 0.29) is 5.69 Å². The predicted molar refractivity (Wildman–Crippen MR) is 77.8 cm³/mol. The number of anilines is 1. The van der Waals surface area contributed by atoms with Crippen LogP contribution in [0.2, 0.25) is 0 Å². The van der Waals surface area contributed by atoms with Gasteiger partial charge in [-0.2, -0.15) is 13.2 Å². The number of thioether (sulfide) groups is 2. The maximum atomic E-state index is 14.4. The Kier molecular flexibility index (Phi) is 5.75. The molecule has 0 atom stereocenters. The Labute approximate surface area is 127 Å². The average Bonchev–Trinajstić information content (AvgIpc) is 2.33. The molecule has 0 aliphatic heterocycles. The van der Waals surface area contributed by atoms with Crippen molar-refractivity contribution in [2.45, 2.75) is 16.0 Å². The summed E-state index contributed by atoms with van der Waals surface area (Å²) in [5.74, 6) is -2.65. The van der Waals surface area contributed by atoms with Crippen LogP contribution in [0.5, 0.6) is 0 Å². The number of nitrogens with zero attached hydrogens (tertiary/aromatic N) is 1. The molecular weight excluding hydrogens is 329 g/mol. The van der Waals surface area contributed by atoms with Crippen molar-refractivity contribution in [1.29, 1.82) is 0 Å². The summed E-state index contributed by atoms with van der Waals surface area (Å²) in [5, 5.41) is 2.16. The second-order valence-corrected chi connectivity index (χ2v) is 5.93. The topological polar surface area (TPSA) is 3.24 Å². The molecule has 0 aliphatic rings. The third-order valence-corrected chi connectivity index (χ3v) is 3.96. The number of alkyl halides is 3. The van der Waals surface area contributed by atoms with Crippen LogP contribution in [0.1, 0.15) is 5.56 Å². The molecule has 0 fully saturated rings. The van der Waals surface area contributed by atoms with Gasteiger partial charge >= 0.3 is 6.18 Å². The maximum absolute atomic E-state index is 14.4. The van der Waals surface area contributed by atoms with E-state index >= 15 is 0 Å². The molecule has 0 bridgehead atoms. The molecule has 0 saturated carbocycles. The largest absolute Gasteiger partial charge is 0.420 e. The number of hydrogen-bond acceptors (Lipinski definition) is 3. The van der Waals surface area contributed by atoms with Crippen molar-refractivity contribution in [1.82, 2.24) is 0 Å². The van der Waals surface area contributed by atoms with E-state index in [1.54, 1.807) is 0 Å². The van der Waals surface area contributed by atoms with E-state index in [2.05, 4.69) is 13.2 Å². The van der Waals surface area contributed by atoms with Gasteiger partial charge in [0.2, 0.25) is 0 Å². The van der Waals surface area contributed by atoms with Gasteiger partial charge in [0.1, 0.15) is 5.56 Å². The predicted octanol–water partition coefficient (Wildman–Crippen LogP) is 5.52. The quantitative estimate of drug-likeness (QED) is 0.513. The van der Waals surface area contributed by atoms with Crippen molar-refractivity contribution in [2.75, 3.05) is 19.0 Å². The van der Waals surface area contributed by atoms with Crippen molar-refractivity contribution >= 4 is 29.2 Å². The molecule has 0 amide bonds. The molecule has 1 aromatic rings. The highest BCUT2D eigenvalue weighted by Gasteiger charge is 2.41. The molecule has 0 heterocycles. The number of halogens is 5. The van der Waals surface area contributed by atoms with Crippen molar-refractivity contribution in [2.24, 2.45) is 0 Å². The van der Waals surface area contributed by atoms with Gasteiger partial charge < -0.3 is 4.90 Å². The van der Waals surface area contributed by atoms with E-state index in [1.807, 2.05) is 0 Å². The molecule has 1 aromatic carbocycles. The Morgan fingerprint density at radius 1 is 0.952 bits per heavy atom. The van der Waals surface area contributed by atoms with Gasteiger partial charge in [0.25, 0.3) is 0 Å². The average molecular weight is 341 g/mol. The van der Waals surface area contributed by atoms with Crippen molar-refractivity contribution in [3.63, 3.8) is 0 Å². The van der Waals surface area contributed by atoms with Crippen LogP contribution in [0, 0.1) is 11.6 Å². The minimum absolute atomic E-state index is 0.255. The van der Waals surface area contributed by atoms with E-state index in [1.165, 1.54) is 19.0 Å². The first-order valence-electron chi connectivity index (χ1n) is 5.51. The Morgan fingerprint density at radius 3 is 1.81 bits per heavy atom. The molecule has 21 heavy (non-hydrogen) atoms. The van der Waals surface area contributed by atoms with Crippen LogP contribution in [0.15, 0.2) is 33.8 Å². The third-order valence-electron chi connectivity index (χ3n) is 2.40. The van der Waals surface area contributed by atoms with E-state index in [4.69, 9.17) is 0 Å². The summed E-state index contributed by atoms with van der Waals surface area (Å²) in [6.07, 6.45) is -5.02. The van der Waals surface area contributed by atoms with Crippen LogP contribution in [0.4, 0.5) is 27.6 Å². The fraction of sp³-hybridized carbons (Fsp3) is 0.231. The van der Waals surface area contributed by atoms with Crippen LogP contribution in [-0.4, -0.2) is 14.1 Å². The molecule has 0 saturated heterocycles. The van der Waals surface area contributed by atoms with Crippen LogP contribution >= 0.6 is 23.5 Å². The van der Waals surface area contributed by atoms with Gasteiger partial charge in [-0.25, -0.2) is 8.78 Å². The number of hydrogen-bond donors (Lipinski definition) is 0. The summed E-state index contributed by atoms with van der Waals surface area (Å²) in [4.78, 5) is -0.0577. The Morgan fingerprint density at radius 2 is 1.43 bits per heavy atom. The second kappa shape index (κ2) is 6.74. The summed E-state index contributed by atoms with van der Waals surface area (Å²) in [6.45, 7) is 6.59. The van der Waals surface area contributed by atoms with Gasteiger partial charge in [-0.3, -0.25) is 0 Å². The first-order valence-corrected chi connectivity index (χ1v) is 7.27. The van der Waals surface area contributed by atoms with E-state index in [0.29, 0.717) is 23.5 Å². The third kappa shape index (κ3) is 3.55. The molecule has 0 aromatic heterocycles. The van der Waals surface area contributed by atoms with Gasteiger partial charge in [-0.05, 0) is 10.8 Å². The lowest BCUT2D eigenvalue weighted by Gasteiger charge is -2.23. The molecule has 1 nitrogen and oxygen atoms in total. The highest BCUT2D eigenvalue weighted by atomic mass is 32.2. The smallest absolute Gasteiger partial charge is 0.374 e. The van der Waals surface area contributed by atoms with Crippen LogP contribution in [-0.2, 0) is 6.18 Å². The Hall–Kier alpha value is -1.15. The van der Waals surface area contributed by atoms with E-state index < -0.39 is 33.2 Å². The maximum Gasteiger partial charge on any atom is 0.420 e. The Bertz CT molecular complexity index is 567. The lowest BCUT2D eigenvalue weighted by atomic mass is 10.1. The van der Waals surface area contributed by atoms with Gasteiger partial charge in [0, 0.05) is 14.1 Å². The lowest BCUT2D eigenvalue weighted by Crippen LogP contribution is -2.18. The first kappa shape index (κ1) is 17.9. The molecule has 0 N–H and O–H groups in total. The first-order chi connectivity index (χ1) is 9.66. The van der Waals surface area contributed by atoms with Crippen molar-refractivity contribution in [3.05, 3.63) is 41.2 Å². The monoisotopic (exact) mass is 341 g/mol. The Balaban J connectivity index is 3.88. The standard InChI is InChI=1S/C13H12F5NS2/c1-5-20-11-7(13(16,17)18)8(14)12(21-6-2)10(9(11)15)19(3)4/h5-6H,1-2H2,3-4H3. The summed E-state index contributed by atoms with van der Waals surface area (Å²) in [5.41, 5.74) is -1.88. The molecule has 0 aliphatic carbocycles. The highest BCUT2D eigenvalue weighted by Crippen LogP contribution is 2.47. The van der Waals surface area contributed by atoms with E-state index in [9.17, 15) is 22.0 Å². The molecular formula is C13H12F5NS2. The zero-order valence-corrected chi connectivity index (χ0v) is 12.9. The van der Waals surface area contributed by atoms with Crippen molar-refractivity contribution in [3.8, 4) is 0 Å². The van der Waals surface area contributed by atoms with Gasteiger partial charge in [-0.15, -0.1) is 0 Å². The van der Waals surface area contributed by atoms with Gasteiger partial charge in [0.15, 0.2) is 11.6 Å². The van der Waals surface area contributed by atoms with Crippen LogP contribution < -0.4 is 4.90 Å². The minimum atomic E-state index is -5.02. The molecule has 0 unspecified atom stereocenters. The number of rotatable bonds is 5. The number of benzene rings is 1. The normalized spacial score (nSPS) is 11.4. The highest BCUT2D eigenvalue weighted by molar-refractivity contribution is 8.02.